The molecule has 3 N–H and O–H groups in total. The molecule has 8 nitrogen and oxygen atoms in total. The Balaban J connectivity index is 1.49. The molecular formula is C20H19N5O3S2. The molecule has 0 radical (unpaired) electrons. The van der Waals surface area contributed by atoms with Crippen LogP contribution in [0.25, 0.3) is 0 Å². The lowest BCUT2D eigenvalue weighted by molar-refractivity contribution is -0.122. The lowest BCUT2D eigenvalue weighted by Gasteiger charge is -2.30. The lowest BCUT2D eigenvalue weighted by Crippen LogP contribution is -2.44. The number of thioether (sulfide) groups is 1. The van der Waals surface area contributed by atoms with Gasteiger partial charge in [0.2, 0.25) is 11.8 Å². The van der Waals surface area contributed by atoms with Gasteiger partial charge < -0.3 is 11.1 Å². The smallest absolute Gasteiger partial charge is 0.270 e. The van der Waals surface area contributed by atoms with E-state index in [0.29, 0.717) is 29.7 Å². The highest BCUT2D eigenvalue weighted by molar-refractivity contribution is 8.14. The minimum absolute atomic E-state index is 0.0347. The van der Waals surface area contributed by atoms with Crippen molar-refractivity contribution in [3.8, 4) is 0 Å². The van der Waals surface area contributed by atoms with E-state index in [-0.39, 0.29) is 24.0 Å². The Morgan fingerprint density at radius 1 is 1.20 bits per heavy atom. The van der Waals surface area contributed by atoms with Crippen molar-refractivity contribution in [1.29, 1.82) is 0 Å². The Hall–Kier alpha value is -2.98. The van der Waals surface area contributed by atoms with Crippen LogP contribution in [-0.2, 0) is 20.9 Å². The average molecular weight is 442 g/mol. The Kier molecular flexibility index (Phi) is 5.96. The molecular weight excluding hydrogens is 422 g/mol. The average Bonchev–Trinajstić information content (AvgIpc) is 3.36. The first kappa shape index (κ1) is 20.3. The number of primary amides is 1. The predicted octanol–water partition coefficient (Wildman–Crippen LogP) is 2.02. The molecule has 2 aliphatic heterocycles. The number of fused-ring (bicyclic) bond motifs is 3. The number of rotatable bonds is 7. The maximum atomic E-state index is 12.7. The molecule has 1 aromatic carbocycles. The molecule has 0 bridgehead atoms. The van der Waals surface area contributed by atoms with Gasteiger partial charge >= 0.3 is 0 Å². The molecule has 1 atom stereocenters. The van der Waals surface area contributed by atoms with E-state index in [2.05, 4.69) is 15.3 Å². The fourth-order valence-corrected chi connectivity index (χ4v) is 4.70. The van der Waals surface area contributed by atoms with Crippen LogP contribution in [-0.4, -0.2) is 45.4 Å². The molecule has 30 heavy (non-hydrogen) atoms. The third-order valence-electron chi connectivity index (χ3n) is 4.64. The Morgan fingerprint density at radius 3 is 2.80 bits per heavy atom. The van der Waals surface area contributed by atoms with E-state index in [1.807, 2.05) is 41.8 Å². The van der Waals surface area contributed by atoms with Crippen LogP contribution in [0.4, 0.5) is 5.69 Å². The third kappa shape index (κ3) is 4.29. The fourth-order valence-electron chi connectivity index (χ4n) is 3.27. The highest BCUT2D eigenvalue weighted by atomic mass is 32.2. The molecule has 154 valence electrons. The van der Waals surface area contributed by atoms with Crippen molar-refractivity contribution in [3.05, 3.63) is 52.2 Å². The first-order valence-electron chi connectivity index (χ1n) is 9.33. The second kappa shape index (κ2) is 8.80. The van der Waals surface area contributed by atoms with Crippen LogP contribution >= 0.6 is 23.1 Å². The second-order valence-corrected chi connectivity index (χ2v) is 8.70. The van der Waals surface area contributed by atoms with Gasteiger partial charge in [0.15, 0.2) is 5.17 Å². The van der Waals surface area contributed by atoms with Gasteiger partial charge in [-0.25, -0.2) is 4.99 Å². The number of benzene rings is 1. The molecule has 0 spiro atoms. The lowest BCUT2D eigenvalue weighted by atomic mass is 10.1. The number of para-hydroxylation sites is 1. The Bertz CT molecular complexity index is 1050. The highest BCUT2D eigenvalue weighted by Crippen LogP contribution is 2.35. The number of nitrogens with two attached hydrogens (primary N) is 1. The maximum absolute atomic E-state index is 12.7. The van der Waals surface area contributed by atoms with E-state index in [4.69, 9.17) is 5.73 Å². The third-order valence-corrected chi connectivity index (χ3v) is 6.49. The molecule has 0 saturated carbocycles. The summed E-state index contributed by atoms with van der Waals surface area (Å²) in [6.45, 7) is 0.467. The largest absolute Gasteiger partial charge is 0.369 e. The Morgan fingerprint density at radius 2 is 2.03 bits per heavy atom. The van der Waals surface area contributed by atoms with E-state index in [0.717, 1.165) is 22.2 Å². The van der Waals surface area contributed by atoms with Gasteiger partial charge in [0.1, 0.15) is 11.9 Å². The van der Waals surface area contributed by atoms with Crippen molar-refractivity contribution in [2.45, 2.75) is 25.4 Å². The van der Waals surface area contributed by atoms with Crippen LogP contribution in [0.15, 0.2) is 51.8 Å². The summed E-state index contributed by atoms with van der Waals surface area (Å²) in [6.07, 6.45) is 0.469. The number of carbonyl (C=O) groups is 3. The molecule has 3 amide bonds. The number of amides is 3. The minimum atomic E-state index is -0.639. The Labute approximate surface area is 181 Å². The summed E-state index contributed by atoms with van der Waals surface area (Å²) in [6, 6.07) is 10.6. The molecule has 0 saturated heterocycles. The van der Waals surface area contributed by atoms with Crippen LogP contribution in [0.3, 0.4) is 0 Å². The van der Waals surface area contributed by atoms with Gasteiger partial charge in [-0.3, -0.25) is 19.3 Å². The van der Waals surface area contributed by atoms with Crippen LogP contribution < -0.4 is 11.1 Å². The number of nitrogens with one attached hydrogen (secondary N) is 1. The number of hydrogen-bond acceptors (Lipinski definition) is 7. The van der Waals surface area contributed by atoms with E-state index in [1.165, 1.54) is 0 Å². The van der Waals surface area contributed by atoms with Gasteiger partial charge in [0.05, 0.1) is 18.0 Å². The van der Waals surface area contributed by atoms with Crippen molar-refractivity contribution < 1.29 is 14.4 Å². The molecule has 0 aliphatic carbocycles. The second-order valence-electron chi connectivity index (χ2n) is 6.72. The first-order valence-corrected chi connectivity index (χ1v) is 11.2. The SMILES string of the molecule is NC(=O)CSC1=Nc2ccccc2C2=NC(=O)C(CCC(=O)NCc3cccs3)N12. The predicted molar refractivity (Wildman–Crippen MR) is 118 cm³/mol. The van der Waals surface area contributed by atoms with Gasteiger partial charge in [0, 0.05) is 16.9 Å². The molecule has 2 aliphatic rings. The zero-order valence-electron chi connectivity index (χ0n) is 15.9. The van der Waals surface area contributed by atoms with Crippen LogP contribution in [0.5, 0.6) is 0 Å². The monoisotopic (exact) mass is 441 g/mol. The van der Waals surface area contributed by atoms with Crippen molar-refractivity contribution >= 4 is 57.5 Å². The van der Waals surface area contributed by atoms with Crippen LogP contribution in [0.1, 0.15) is 23.3 Å². The number of thiophene rings is 1. The molecule has 4 rings (SSSR count). The zero-order chi connectivity index (χ0) is 21.1. The van der Waals surface area contributed by atoms with Crippen molar-refractivity contribution in [3.63, 3.8) is 0 Å². The summed E-state index contributed by atoms with van der Waals surface area (Å²) in [7, 11) is 0. The summed E-state index contributed by atoms with van der Waals surface area (Å²) in [4.78, 5) is 47.9. The molecule has 1 aromatic heterocycles. The van der Waals surface area contributed by atoms with Gasteiger partial charge in [-0.05, 0) is 30.0 Å². The summed E-state index contributed by atoms with van der Waals surface area (Å²) >= 11 is 2.74. The summed E-state index contributed by atoms with van der Waals surface area (Å²) < 4.78 is 0. The first-order chi connectivity index (χ1) is 14.5. The number of nitrogens with zero attached hydrogens (tertiary/aromatic N) is 3. The van der Waals surface area contributed by atoms with Crippen LogP contribution in [0, 0.1) is 0 Å². The summed E-state index contributed by atoms with van der Waals surface area (Å²) in [5, 5.41) is 5.31. The maximum Gasteiger partial charge on any atom is 0.270 e. The summed E-state index contributed by atoms with van der Waals surface area (Å²) in [5.41, 5.74) is 6.72. The summed E-state index contributed by atoms with van der Waals surface area (Å²) in [5.74, 6) is -0.394. The van der Waals surface area contributed by atoms with Gasteiger partial charge in [-0.15, -0.1) is 11.3 Å². The zero-order valence-corrected chi connectivity index (χ0v) is 17.5. The number of amidine groups is 2. The number of hydrogen-bond donors (Lipinski definition) is 2. The van der Waals surface area contributed by atoms with E-state index in [9.17, 15) is 14.4 Å². The van der Waals surface area contributed by atoms with Gasteiger partial charge in [-0.2, -0.15) is 4.99 Å². The van der Waals surface area contributed by atoms with E-state index in [1.54, 1.807) is 16.2 Å². The molecule has 1 unspecified atom stereocenters. The normalized spacial score (nSPS) is 17.1. The molecule has 0 fully saturated rings. The highest BCUT2D eigenvalue weighted by Gasteiger charge is 2.41. The topological polar surface area (TPSA) is 117 Å². The van der Waals surface area contributed by atoms with E-state index < -0.39 is 11.9 Å². The molecule has 10 heteroatoms. The standard InChI is InChI=1S/C20H19N5O3S2/c21-16(26)11-30-20-23-14-6-2-1-5-13(14)18-24-19(28)15(25(18)20)7-8-17(27)22-10-12-4-3-9-29-12/h1-6,9,15H,7-8,10-11H2,(H2,21,26)(H,22,27). The van der Waals surface area contributed by atoms with E-state index >= 15 is 0 Å². The molecule has 2 aromatic rings. The van der Waals surface area contributed by atoms with Crippen molar-refractivity contribution in [2.75, 3.05) is 5.75 Å². The van der Waals surface area contributed by atoms with Crippen LogP contribution in [0.2, 0.25) is 0 Å². The number of aliphatic imine (C=N–C) groups is 2. The van der Waals surface area contributed by atoms with Gasteiger partial charge in [-0.1, -0.05) is 30.0 Å². The van der Waals surface area contributed by atoms with Gasteiger partial charge in [0.25, 0.3) is 5.91 Å². The fraction of sp³-hybridized carbons (Fsp3) is 0.250. The van der Waals surface area contributed by atoms with Crippen molar-refractivity contribution in [1.82, 2.24) is 10.2 Å². The molecule has 3 heterocycles. The quantitative estimate of drug-likeness (QED) is 0.682. The minimum Gasteiger partial charge on any atom is -0.369 e. The van der Waals surface area contributed by atoms with Crippen molar-refractivity contribution in [2.24, 2.45) is 15.7 Å². The number of carbonyl (C=O) groups excluding carboxylic acids is 3.